The highest BCUT2D eigenvalue weighted by molar-refractivity contribution is 7.22. The third-order valence-electron chi connectivity index (χ3n) is 6.37. The first-order chi connectivity index (χ1) is 20.7. The molecule has 2 N–H and O–H groups in total. The lowest BCUT2D eigenvalue weighted by molar-refractivity contribution is -0.160. The van der Waals surface area contributed by atoms with E-state index in [4.69, 9.17) is 23.7 Å². The summed E-state index contributed by atoms with van der Waals surface area (Å²) in [5.74, 6) is 0.890. The summed E-state index contributed by atoms with van der Waals surface area (Å²) in [6.45, 7) is 7.79. The van der Waals surface area contributed by atoms with Crippen molar-refractivity contribution in [3.8, 4) is 27.7 Å². The lowest BCUT2D eigenvalue weighted by Crippen LogP contribution is -2.27. The molecule has 3 aromatic carbocycles. The standard InChI is InChI=1S/C34H40O8S/c1-34(2,3)42-32(37)23-40-19-18-38-16-17-39-20-21-41-28-12-4-24(5-13-28)6-14-30-29-15-11-27(36)22-31(29)43-33(30)25-7-9-26(35)10-8-25/h4-5,7-13,15,22,35-36H,6,14,16-21,23H2,1-3H3. The van der Waals surface area contributed by atoms with Crippen molar-refractivity contribution in [1.29, 1.82) is 0 Å². The van der Waals surface area contributed by atoms with Gasteiger partial charge >= 0.3 is 5.97 Å². The van der Waals surface area contributed by atoms with Gasteiger partial charge in [-0.05, 0) is 110 Å². The number of thiophene rings is 1. The van der Waals surface area contributed by atoms with Gasteiger partial charge in [0.15, 0.2) is 0 Å². The second-order valence-electron chi connectivity index (χ2n) is 11.0. The minimum Gasteiger partial charge on any atom is -0.508 e. The second-order valence-corrected chi connectivity index (χ2v) is 12.0. The van der Waals surface area contributed by atoms with E-state index in [1.165, 1.54) is 11.1 Å². The molecule has 0 aliphatic rings. The Hall–Kier alpha value is -3.63. The van der Waals surface area contributed by atoms with Crippen molar-refractivity contribution in [2.75, 3.05) is 46.2 Å². The van der Waals surface area contributed by atoms with Crippen LogP contribution in [-0.4, -0.2) is 68.0 Å². The Morgan fingerprint density at radius 1 is 0.744 bits per heavy atom. The summed E-state index contributed by atoms with van der Waals surface area (Å²) in [6, 6.07) is 20.9. The number of hydrogen-bond acceptors (Lipinski definition) is 9. The largest absolute Gasteiger partial charge is 0.508 e. The number of rotatable bonds is 16. The molecule has 1 aromatic heterocycles. The van der Waals surface area contributed by atoms with E-state index < -0.39 is 5.60 Å². The summed E-state index contributed by atoms with van der Waals surface area (Å²) in [5, 5.41) is 20.9. The van der Waals surface area contributed by atoms with E-state index in [0.29, 0.717) is 39.6 Å². The molecule has 0 bridgehead atoms. The SMILES string of the molecule is CC(C)(C)OC(=O)COCCOCCOCCOc1ccc(CCc2c(-c3ccc(O)cc3)sc3cc(O)ccc23)cc1. The molecule has 0 saturated heterocycles. The van der Waals surface area contributed by atoms with Crippen LogP contribution < -0.4 is 4.74 Å². The summed E-state index contributed by atoms with van der Waals surface area (Å²) in [6.07, 6.45) is 1.69. The van der Waals surface area contributed by atoms with Gasteiger partial charge in [0.25, 0.3) is 0 Å². The van der Waals surface area contributed by atoms with Gasteiger partial charge in [-0.1, -0.05) is 12.1 Å². The monoisotopic (exact) mass is 608 g/mol. The third kappa shape index (κ3) is 10.5. The highest BCUT2D eigenvalue weighted by Crippen LogP contribution is 2.41. The van der Waals surface area contributed by atoms with Crippen LogP contribution in [0.2, 0.25) is 0 Å². The predicted octanol–water partition coefficient (Wildman–Crippen LogP) is 6.54. The zero-order chi connectivity index (χ0) is 30.7. The van der Waals surface area contributed by atoms with Crippen LogP contribution in [0.25, 0.3) is 20.5 Å². The minimum absolute atomic E-state index is 0.0880. The van der Waals surface area contributed by atoms with Gasteiger partial charge in [-0.25, -0.2) is 4.79 Å². The Morgan fingerprint density at radius 2 is 1.37 bits per heavy atom. The van der Waals surface area contributed by atoms with Crippen LogP contribution in [0.1, 0.15) is 31.9 Å². The molecule has 0 spiro atoms. The molecule has 230 valence electrons. The number of benzene rings is 3. The van der Waals surface area contributed by atoms with Crippen LogP contribution in [-0.2, 0) is 36.6 Å². The van der Waals surface area contributed by atoms with Crippen LogP contribution in [0, 0.1) is 0 Å². The molecule has 0 aliphatic carbocycles. The second kappa shape index (κ2) is 15.7. The summed E-state index contributed by atoms with van der Waals surface area (Å²) in [5.41, 5.74) is 2.97. The fourth-order valence-electron chi connectivity index (χ4n) is 4.44. The van der Waals surface area contributed by atoms with Crippen molar-refractivity contribution in [3.63, 3.8) is 0 Å². The average Bonchev–Trinajstić information content (AvgIpc) is 3.32. The summed E-state index contributed by atoms with van der Waals surface area (Å²) >= 11 is 1.65. The Kier molecular flexibility index (Phi) is 11.8. The Morgan fingerprint density at radius 3 is 2.05 bits per heavy atom. The molecule has 9 heteroatoms. The van der Waals surface area contributed by atoms with E-state index in [1.807, 2.05) is 57.2 Å². The van der Waals surface area contributed by atoms with Crippen LogP contribution in [0.4, 0.5) is 0 Å². The fourth-order valence-corrected chi connectivity index (χ4v) is 5.73. The molecule has 0 aliphatic heterocycles. The highest BCUT2D eigenvalue weighted by atomic mass is 32.1. The van der Waals surface area contributed by atoms with Gasteiger partial charge in [-0.15, -0.1) is 11.3 Å². The lowest BCUT2D eigenvalue weighted by atomic mass is 9.99. The first-order valence-corrected chi connectivity index (χ1v) is 15.2. The molecule has 0 radical (unpaired) electrons. The van der Waals surface area contributed by atoms with Gasteiger partial charge in [0.2, 0.25) is 0 Å². The number of esters is 1. The molecule has 1 heterocycles. The molecule has 0 amide bonds. The van der Waals surface area contributed by atoms with Crippen LogP contribution in [0.15, 0.2) is 66.7 Å². The molecule has 8 nitrogen and oxygen atoms in total. The van der Waals surface area contributed by atoms with Gasteiger partial charge in [-0.3, -0.25) is 0 Å². The number of aromatic hydroxyl groups is 2. The van der Waals surface area contributed by atoms with Crippen molar-refractivity contribution >= 4 is 27.4 Å². The molecule has 0 fully saturated rings. The van der Waals surface area contributed by atoms with Crippen LogP contribution >= 0.6 is 11.3 Å². The molecular formula is C34H40O8S. The zero-order valence-corrected chi connectivity index (χ0v) is 25.8. The number of aryl methyl sites for hydroxylation is 2. The van der Waals surface area contributed by atoms with E-state index in [1.54, 1.807) is 29.5 Å². The molecule has 4 rings (SSSR count). The normalized spacial score (nSPS) is 11.6. The van der Waals surface area contributed by atoms with Gasteiger partial charge in [0, 0.05) is 9.58 Å². The fraction of sp³-hybridized carbons (Fsp3) is 0.382. The quantitative estimate of drug-likeness (QED) is 0.109. The third-order valence-corrected chi connectivity index (χ3v) is 7.62. The predicted molar refractivity (Wildman–Crippen MR) is 168 cm³/mol. The highest BCUT2D eigenvalue weighted by Gasteiger charge is 2.16. The number of fused-ring (bicyclic) bond motifs is 1. The maximum Gasteiger partial charge on any atom is 0.332 e. The van der Waals surface area contributed by atoms with Gasteiger partial charge in [-0.2, -0.15) is 0 Å². The number of carbonyl (C=O) groups excluding carboxylic acids is 1. The maximum absolute atomic E-state index is 11.6. The maximum atomic E-state index is 11.6. The minimum atomic E-state index is -0.517. The summed E-state index contributed by atoms with van der Waals surface area (Å²) < 4.78 is 28.3. The number of carbonyl (C=O) groups is 1. The van der Waals surface area contributed by atoms with E-state index in [9.17, 15) is 15.0 Å². The smallest absolute Gasteiger partial charge is 0.332 e. The molecule has 4 aromatic rings. The van der Waals surface area contributed by atoms with Gasteiger partial charge in [0.05, 0.1) is 33.0 Å². The first-order valence-electron chi connectivity index (χ1n) is 14.4. The Balaban J connectivity index is 1.14. The molecule has 0 saturated carbocycles. The van der Waals surface area contributed by atoms with E-state index in [0.717, 1.165) is 39.1 Å². The van der Waals surface area contributed by atoms with Crippen LogP contribution in [0.3, 0.4) is 0 Å². The lowest BCUT2D eigenvalue weighted by Gasteiger charge is -2.19. The number of hydrogen-bond donors (Lipinski definition) is 2. The molecule has 0 unspecified atom stereocenters. The van der Waals surface area contributed by atoms with Gasteiger partial charge in [0.1, 0.15) is 36.1 Å². The van der Waals surface area contributed by atoms with Gasteiger partial charge < -0.3 is 33.9 Å². The van der Waals surface area contributed by atoms with Crippen LogP contribution in [0.5, 0.6) is 17.2 Å². The van der Waals surface area contributed by atoms with E-state index in [-0.39, 0.29) is 24.1 Å². The average molecular weight is 609 g/mol. The molecule has 43 heavy (non-hydrogen) atoms. The Labute approximate surface area is 256 Å². The summed E-state index contributed by atoms with van der Waals surface area (Å²) in [4.78, 5) is 12.7. The topological polar surface area (TPSA) is 104 Å². The van der Waals surface area contributed by atoms with E-state index >= 15 is 0 Å². The van der Waals surface area contributed by atoms with Crippen molar-refractivity contribution in [3.05, 3.63) is 77.9 Å². The summed E-state index contributed by atoms with van der Waals surface area (Å²) in [7, 11) is 0. The molecular weight excluding hydrogens is 568 g/mol. The van der Waals surface area contributed by atoms with Crippen molar-refractivity contribution in [2.45, 2.75) is 39.2 Å². The zero-order valence-electron chi connectivity index (χ0n) is 25.0. The first kappa shape index (κ1) is 32.3. The number of phenols is 2. The number of ether oxygens (including phenoxy) is 5. The Bertz CT molecular complexity index is 1440. The van der Waals surface area contributed by atoms with E-state index in [2.05, 4.69) is 12.1 Å². The van der Waals surface area contributed by atoms with Crippen molar-refractivity contribution in [2.24, 2.45) is 0 Å². The van der Waals surface area contributed by atoms with Crippen molar-refractivity contribution < 1.29 is 38.7 Å². The van der Waals surface area contributed by atoms with Crippen molar-refractivity contribution in [1.82, 2.24) is 0 Å². The number of phenolic OH excluding ortho intramolecular Hbond substituents is 2. The molecule has 0 atom stereocenters.